The summed E-state index contributed by atoms with van der Waals surface area (Å²) in [5.74, 6) is -0.894. The van der Waals surface area contributed by atoms with Crippen LogP contribution in [0, 0.1) is 0 Å². The number of rotatable bonds is 7. The molecule has 0 bridgehead atoms. The number of aliphatic hydroxyl groups excluding tert-OH is 1. The lowest BCUT2D eigenvalue weighted by Crippen LogP contribution is -2.50. The van der Waals surface area contributed by atoms with Gasteiger partial charge in [0.25, 0.3) is 0 Å². The van der Waals surface area contributed by atoms with Crippen molar-refractivity contribution in [2.24, 2.45) is 0 Å². The van der Waals surface area contributed by atoms with Gasteiger partial charge in [-0.05, 0) is 6.42 Å². The molecular weight excluding hydrogens is 318 g/mol. The van der Waals surface area contributed by atoms with E-state index >= 15 is 0 Å². The molecule has 134 valence electrons. The van der Waals surface area contributed by atoms with Crippen LogP contribution in [0.5, 0.6) is 0 Å². The van der Waals surface area contributed by atoms with Crippen LogP contribution >= 0.6 is 0 Å². The summed E-state index contributed by atoms with van der Waals surface area (Å²) in [6.45, 7) is 4.16. The van der Waals surface area contributed by atoms with Gasteiger partial charge in [-0.1, -0.05) is 6.92 Å². The van der Waals surface area contributed by atoms with Crippen LogP contribution in [0.4, 0.5) is 4.79 Å². The van der Waals surface area contributed by atoms with E-state index in [9.17, 15) is 9.59 Å². The molecule has 0 radical (unpaired) electrons. The van der Waals surface area contributed by atoms with Crippen LogP contribution in [0.3, 0.4) is 0 Å². The highest BCUT2D eigenvalue weighted by Gasteiger charge is 2.26. The van der Waals surface area contributed by atoms with Crippen LogP contribution < -0.4 is 10.6 Å². The first kappa shape index (κ1) is 18.1. The van der Waals surface area contributed by atoms with Crippen molar-refractivity contribution in [2.45, 2.75) is 31.7 Å². The molecule has 2 atom stereocenters. The average Bonchev–Trinajstić information content (AvgIpc) is 3.08. The molecule has 1 aromatic heterocycles. The van der Waals surface area contributed by atoms with Gasteiger partial charge in [0, 0.05) is 32.6 Å². The van der Waals surface area contributed by atoms with Gasteiger partial charge in [0.05, 0.1) is 12.5 Å². The highest BCUT2D eigenvalue weighted by molar-refractivity contribution is 5.75. The van der Waals surface area contributed by atoms with E-state index in [1.54, 1.807) is 11.8 Å². The van der Waals surface area contributed by atoms with Gasteiger partial charge in [-0.25, -0.2) is 4.79 Å². The van der Waals surface area contributed by atoms with Crippen molar-refractivity contribution in [3.63, 3.8) is 0 Å². The molecular formula is C14H23N5O5. The molecule has 0 unspecified atom stereocenters. The summed E-state index contributed by atoms with van der Waals surface area (Å²) in [5, 5.41) is 31.7. The SMILES string of the molecule is C[C@@H](CO)c1nnc([C@H](CCC(=O)O)NC(=O)N2CCNCC2)o1. The third-order valence-electron chi connectivity index (χ3n) is 3.80. The molecule has 2 rings (SSSR count). The number of amides is 2. The fraction of sp³-hybridized carbons (Fsp3) is 0.714. The van der Waals surface area contributed by atoms with Crippen molar-refractivity contribution >= 4 is 12.0 Å². The zero-order chi connectivity index (χ0) is 17.5. The number of carbonyl (C=O) groups excluding carboxylic acids is 1. The Morgan fingerprint density at radius 2 is 2.00 bits per heavy atom. The van der Waals surface area contributed by atoms with Gasteiger partial charge in [0.15, 0.2) is 0 Å². The Hall–Kier alpha value is -2.20. The maximum atomic E-state index is 12.3. The van der Waals surface area contributed by atoms with Gasteiger partial charge >= 0.3 is 12.0 Å². The minimum atomic E-state index is -0.972. The largest absolute Gasteiger partial charge is 0.481 e. The third-order valence-corrected chi connectivity index (χ3v) is 3.80. The molecule has 2 amide bonds. The van der Waals surface area contributed by atoms with Gasteiger partial charge in [0.2, 0.25) is 11.8 Å². The monoisotopic (exact) mass is 341 g/mol. The lowest BCUT2D eigenvalue weighted by molar-refractivity contribution is -0.137. The molecule has 1 fully saturated rings. The van der Waals surface area contributed by atoms with E-state index in [0.717, 1.165) is 0 Å². The Balaban J connectivity index is 2.07. The summed E-state index contributed by atoms with van der Waals surface area (Å²) in [5.41, 5.74) is 0. The van der Waals surface area contributed by atoms with Crippen molar-refractivity contribution in [2.75, 3.05) is 32.8 Å². The van der Waals surface area contributed by atoms with E-state index in [4.69, 9.17) is 14.6 Å². The van der Waals surface area contributed by atoms with Crippen molar-refractivity contribution in [1.29, 1.82) is 0 Å². The normalized spacial score (nSPS) is 17.3. The number of aliphatic hydroxyl groups is 1. The Morgan fingerprint density at radius 1 is 1.33 bits per heavy atom. The first-order chi connectivity index (χ1) is 11.5. The van der Waals surface area contributed by atoms with Crippen LogP contribution in [0.15, 0.2) is 4.42 Å². The first-order valence-corrected chi connectivity index (χ1v) is 7.93. The summed E-state index contributed by atoms with van der Waals surface area (Å²) in [6.07, 6.45) is 0.00206. The van der Waals surface area contributed by atoms with Crippen LogP contribution in [0.25, 0.3) is 0 Å². The van der Waals surface area contributed by atoms with Gasteiger partial charge < -0.3 is 30.2 Å². The molecule has 1 aromatic rings. The fourth-order valence-electron chi connectivity index (χ4n) is 2.30. The van der Waals surface area contributed by atoms with Gasteiger partial charge in [-0.15, -0.1) is 10.2 Å². The highest BCUT2D eigenvalue weighted by atomic mass is 16.4. The summed E-state index contributed by atoms with van der Waals surface area (Å²) < 4.78 is 5.50. The minimum absolute atomic E-state index is 0.139. The molecule has 0 aliphatic carbocycles. The molecule has 0 spiro atoms. The minimum Gasteiger partial charge on any atom is -0.481 e. The van der Waals surface area contributed by atoms with E-state index in [2.05, 4.69) is 20.8 Å². The summed E-state index contributed by atoms with van der Waals surface area (Å²) >= 11 is 0. The van der Waals surface area contributed by atoms with E-state index in [1.807, 2.05) is 0 Å². The standard InChI is InChI=1S/C14H23N5O5/c1-9(8-20)12-17-18-13(24-12)10(2-3-11(21)22)16-14(23)19-6-4-15-5-7-19/h9-10,15,20H,2-8H2,1H3,(H,16,23)(H,21,22)/t9-,10-/m0/s1. The third kappa shape index (κ3) is 4.90. The van der Waals surface area contributed by atoms with Crippen molar-refractivity contribution in [3.8, 4) is 0 Å². The van der Waals surface area contributed by atoms with Gasteiger partial charge in [-0.2, -0.15) is 0 Å². The summed E-state index contributed by atoms with van der Waals surface area (Å²) in [7, 11) is 0. The van der Waals surface area contributed by atoms with Crippen molar-refractivity contribution in [1.82, 2.24) is 25.7 Å². The van der Waals surface area contributed by atoms with Gasteiger partial charge in [0.1, 0.15) is 6.04 Å². The van der Waals surface area contributed by atoms with Crippen molar-refractivity contribution in [3.05, 3.63) is 11.8 Å². The number of nitrogens with zero attached hydrogens (tertiary/aromatic N) is 3. The molecule has 4 N–H and O–H groups in total. The molecule has 10 heteroatoms. The van der Waals surface area contributed by atoms with Gasteiger partial charge in [-0.3, -0.25) is 4.79 Å². The number of carbonyl (C=O) groups is 2. The molecule has 10 nitrogen and oxygen atoms in total. The number of carboxylic acid groups (broad SMARTS) is 1. The van der Waals surface area contributed by atoms with Crippen LogP contribution in [-0.4, -0.2) is 70.1 Å². The Kier molecular flexibility index (Phi) is 6.50. The second-order valence-corrected chi connectivity index (χ2v) is 5.73. The number of urea groups is 1. The zero-order valence-corrected chi connectivity index (χ0v) is 13.6. The smallest absolute Gasteiger partial charge is 0.318 e. The maximum Gasteiger partial charge on any atom is 0.318 e. The lowest BCUT2D eigenvalue weighted by Gasteiger charge is -2.29. The molecule has 0 aromatic carbocycles. The number of hydrogen-bond donors (Lipinski definition) is 4. The predicted octanol–water partition coefficient (Wildman–Crippen LogP) is -0.314. The lowest BCUT2D eigenvalue weighted by atomic mass is 10.1. The van der Waals surface area contributed by atoms with Crippen LogP contribution in [0.2, 0.25) is 0 Å². The second kappa shape index (κ2) is 8.60. The van der Waals surface area contributed by atoms with E-state index in [0.29, 0.717) is 26.2 Å². The number of aliphatic carboxylic acids is 1. The number of carboxylic acids is 1. The Bertz CT molecular complexity index is 558. The Labute approximate surface area is 139 Å². The van der Waals surface area contributed by atoms with Crippen molar-refractivity contribution < 1.29 is 24.2 Å². The molecule has 1 aliphatic rings. The number of piperazine rings is 1. The number of hydrogen-bond acceptors (Lipinski definition) is 7. The van der Waals surface area contributed by atoms with Crippen LogP contribution in [-0.2, 0) is 4.79 Å². The highest BCUT2D eigenvalue weighted by Crippen LogP contribution is 2.21. The molecule has 1 saturated heterocycles. The second-order valence-electron chi connectivity index (χ2n) is 5.73. The van der Waals surface area contributed by atoms with E-state index < -0.39 is 12.0 Å². The summed E-state index contributed by atoms with van der Waals surface area (Å²) in [4.78, 5) is 24.8. The van der Waals surface area contributed by atoms with Crippen LogP contribution in [0.1, 0.15) is 43.5 Å². The number of aromatic nitrogens is 2. The van der Waals surface area contributed by atoms with E-state index in [1.165, 1.54) is 0 Å². The maximum absolute atomic E-state index is 12.3. The average molecular weight is 341 g/mol. The fourth-order valence-corrected chi connectivity index (χ4v) is 2.30. The molecule has 0 saturated carbocycles. The zero-order valence-electron chi connectivity index (χ0n) is 13.6. The quantitative estimate of drug-likeness (QED) is 0.529. The van der Waals surface area contributed by atoms with E-state index in [-0.39, 0.29) is 43.2 Å². The molecule has 24 heavy (non-hydrogen) atoms. The number of nitrogens with one attached hydrogen (secondary N) is 2. The molecule has 1 aliphatic heterocycles. The molecule has 2 heterocycles. The Morgan fingerprint density at radius 3 is 2.62 bits per heavy atom. The predicted molar refractivity (Wildman–Crippen MR) is 82.4 cm³/mol. The summed E-state index contributed by atoms with van der Waals surface area (Å²) in [6, 6.07) is -0.975. The first-order valence-electron chi connectivity index (χ1n) is 7.93. The topological polar surface area (TPSA) is 141 Å².